The second kappa shape index (κ2) is 4.15. The molecule has 4 nitrogen and oxygen atoms in total. The molecule has 3 rings (SSSR count). The van der Waals surface area contributed by atoms with E-state index in [-0.39, 0.29) is 4.90 Å². The van der Waals surface area contributed by atoms with E-state index in [1.54, 1.807) is 18.2 Å². The molecule has 0 saturated carbocycles. The molecule has 0 unspecified atom stereocenters. The predicted molar refractivity (Wildman–Crippen MR) is 73.3 cm³/mol. The second-order valence-corrected chi connectivity index (χ2v) is 6.54. The molecule has 0 amide bonds. The molecule has 1 aromatic heterocycles. The molecule has 0 atom stereocenters. The maximum Gasteiger partial charge on any atom is 0.262 e. The molecule has 2 aromatic carbocycles. The number of furan rings is 1. The van der Waals surface area contributed by atoms with Crippen LogP contribution in [0, 0.1) is 0 Å². The second-order valence-electron chi connectivity index (χ2n) is 4.01. The summed E-state index contributed by atoms with van der Waals surface area (Å²) >= 11 is 0. The highest BCUT2D eigenvalue weighted by molar-refractivity contribution is 8.14. The molecule has 1 heterocycles. The first-order valence-electron chi connectivity index (χ1n) is 5.45. The maximum absolute atomic E-state index is 11.7. The van der Waals surface area contributed by atoms with E-state index < -0.39 is 9.05 Å². The summed E-state index contributed by atoms with van der Waals surface area (Å²) in [5.41, 5.74) is 0.967. The smallest absolute Gasteiger partial charge is 0.262 e. The summed E-state index contributed by atoms with van der Waals surface area (Å²) in [7, 11) is 3.12. The van der Waals surface area contributed by atoms with Crippen molar-refractivity contribution in [1.82, 2.24) is 0 Å². The third kappa shape index (κ3) is 1.86. The third-order valence-electron chi connectivity index (χ3n) is 2.93. The predicted octanol–water partition coefficient (Wildman–Crippen LogP) is 3.52. The van der Waals surface area contributed by atoms with E-state index >= 15 is 0 Å². The first-order valence-corrected chi connectivity index (χ1v) is 7.76. The van der Waals surface area contributed by atoms with Gasteiger partial charge in [0, 0.05) is 16.1 Å². The van der Waals surface area contributed by atoms with E-state index in [9.17, 15) is 8.42 Å². The third-order valence-corrected chi connectivity index (χ3v) is 4.30. The minimum absolute atomic E-state index is 0.0231. The largest absolute Gasteiger partial charge is 0.493 e. The normalized spacial score (nSPS) is 12.1. The topological polar surface area (TPSA) is 56.5 Å². The molecular weight excluding hydrogens is 288 g/mol. The Hall–Kier alpha value is -1.72. The molecule has 0 aliphatic heterocycles. The van der Waals surface area contributed by atoms with Crippen LogP contribution in [0.25, 0.3) is 21.9 Å². The van der Waals surface area contributed by atoms with Crippen LogP contribution >= 0.6 is 10.7 Å². The van der Waals surface area contributed by atoms with E-state index in [1.165, 1.54) is 19.2 Å². The average molecular weight is 297 g/mol. The highest BCUT2D eigenvalue weighted by Crippen LogP contribution is 2.39. The summed E-state index contributed by atoms with van der Waals surface area (Å²) in [6.07, 6.45) is 0. The zero-order valence-corrected chi connectivity index (χ0v) is 11.5. The number of hydrogen-bond donors (Lipinski definition) is 0. The van der Waals surface area contributed by atoms with E-state index in [2.05, 4.69) is 0 Å². The van der Waals surface area contributed by atoms with Gasteiger partial charge in [-0.2, -0.15) is 0 Å². The lowest BCUT2D eigenvalue weighted by Crippen LogP contribution is -1.93. The number of ether oxygens (including phenoxy) is 1. The van der Waals surface area contributed by atoms with Gasteiger partial charge in [0.25, 0.3) is 9.05 Å². The van der Waals surface area contributed by atoms with Gasteiger partial charge < -0.3 is 9.15 Å². The quantitative estimate of drug-likeness (QED) is 0.679. The Morgan fingerprint density at radius 3 is 2.58 bits per heavy atom. The zero-order chi connectivity index (χ0) is 13.6. The molecular formula is C13H9ClO4S. The lowest BCUT2D eigenvalue weighted by atomic mass is 10.1. The maximum atomic E-state index is 11.7. The van der Waals surface area contributed by atoms with Gasteiger partial charge in [-0.1, -0.05) is 18.2 Å². The average Bonchev–Trinajstić information content (AvgIpc) is 2.75. The van der Waals surface area contributed by atoms with Crippen LogP contribution in [0.1, 0.15) is 0 Å². The molecule has 0 bridgehead atoms. The fourth-order valence-electron chi connectivity index (χ4n) is 2.14. The Morgan fingerprint density at radius 1 is 1.16 bits per heavy atom. The fraction of sp³-hybridized carbons (Fsp3) is 0.0769. The van der Waals surface area contributed by atoms with Gasteiger partial charge in [0.2, 0.25) is 0 Å². The van der Waals surface area contributed by atoms with Gasteiger partial charge in [0.05, 0.1) is 17.4 Å². The van der Waals surface area contributed by atoms with Crippen LogP contribution in [-0.2, 0) is 9.05 Å². The summed E-state index contributed by atoms with van der Waals surface area (Å²) in [5, 5.41) is 1.14. The van der Waals surface area contributed by atoms with Crippen LogP contribution in [0.5, 0.6) is 5.75 Å². The van der Waals surface area contributed by atoms with Crippen molar-refractivity contribution in [1.29, 1.82) is 0 Å². The molecule has 0 saturated heterocycles. The minimum atomic E-state index is -3.86. The number of fused-ring (bicyclic) bond motifs is 3. The van der Waals surface area contributed by atoms with Crippen molar-refractivity contribution in [2.24, 2.45) is 0 Å². The molecule has 0 radical (unpaired) electrons. The summed E-state index contributed by atoms with van der Waals surface area (Å²) in [5.74, 6) is 0.468. The molecule has 0 fully saturated rings. The monoisotopic (exact) mass is 296 g/mol. The Kier molecular flexibility index (Phi) is 2.69. The molecule has 19 heavy (non-hydrogen) atoms. The number of benzene rings is 2. The van der Waals surface area contributed by atoms with E-state index in [4.69, 9.17) is 19.8 Å². The molecule has 0 N–H and O–H groups in total. The molecule has 0 aliphatic rings. The number of hydrogen-bond acceptors (Lipinski definition) is 4. The van der Waals surface area contributed by atoms with Gasteiger partial charge in [-0.3, -0.25) is 0 Å². The molecule has 98 valence electrons. The number of halogens is 1. The van der Waals surface area contributed by atoms with Crippen LogP contribution in [0.4, 0.5) is 0 Å². The van der Waals surface area contributed by atoms with Crippen molar-refractivity contribution >= 4 is 41.7 Å². The summed E-state index contributed by atoms with van der Waals surface area (Å²) in [6.45, 7) is 0. The van der Waals surface area contributed by atoms with Crippen molar-refractivity contribution in [3.63, 3.8) is 0 Å². The van der Waals surface area contributed by atoms with Crippen LogP contribution in [0.3, 0.4) is 0 Å². The van der Waals surface area contributed by atoms with Crippen molar-refractivity contribution in [2.75, 3.05) is 7.11 Å². The SMILES string of the molecule is COc1ccc(S(=O)(=O)Cl)c2c1oc1ccccc12. The van der Waals surface area contributed by atoms with Crippen molar-refractivity contribution < 1.29 is 17.6 Å². The lowest BCUT2D eigenvalue weighted by molar-refractivity contribution is 0.411. The van der Waals surface area contributed by atoms with Crippen LogP contribution in [-0.4, -0.2) is 15.5 Å². The number of rotatable bonds is 2. The van der Waals surface area contributed by atoms with E-state index in [1.807, 2.05) is 6.07 Å². The van der Waals surface area contributed by atoms with Gasteiger partial charge in [0.1, 0.15) is 5.58 Å². The van der Waals surface area contributed by atoms with Crippen molar-refractivity contribution in [3.05, 3.63) is 36.4 Å². The number of methoxy groups -OCH3 is 1. The van der Waals surface area contributed by atoms with Gasteiger partial charge in [0.15, 0.2) is 11.3 Å². The summed E-state index contributed by atoms with van der Waals surface area (Å²) in [4.78, 5) is 0.0231. The molecule has 0 spiro atoms. The van der Waals surface area contributed by atoms with Gasteiger partial charge in [-0.15, -0.1) is 0 Å². The van der Waals surface area contributed by atoms with E-state index in [0.717, 1.165) is 0 Å². The Labute approximate surface area is 114 Å². The number of para-hydroxylation sites is 1. The summed E-state index contributed by atoms with van der Waals surface area (Å²) in [6, 6.07) is 10.1. The standard InChI is InChI=1S/C13H9ClO4S/c1-17-10-6-7-11(19(14,15)16)12-8-4-2-3-5-9(8)18-13(10)12/h2-7H,1H3. The summed E-state index contributed by atoms with van der Waals surface area (Å²) < 4.78 is 34.2. The van der Waals surface area contributed by atoms with Gasteiger partial charge in [-0.05, 0) is 18.2 Å². The lowest BCUT2D eigenvalue weighted by Gasteiger charge is -2.03. The van der Waals surface area contributed by atoms with Crippen LogP contribution in [0.15, 0.2) is 45.7 Å². The molecule has 0 aliphatic carbocycles. The van der Waals surface area contributed by atoms with Gasteiger partial charge in [-0.25, -0.2) is 8.42 Å². The Morgan fingerprint density at radius 2 is 1.89 bits per heavy atom. The van der Waals surface area contributed by atoms with Crippen LogP contribution in [0.2, 0.25) is 0 Å². The zero-order valence-electron chi connectivity index (χ0n) is 9.88. The van der Waals surface area contributed by atoms with Crippen molar-refractivity contribution in [3.8, 4) is 5.75 Å². The first-order chi connectivity index (χ1) is 9.02. The minimum Gasteiger partial charge on any atom is -0.493 e. The first kappa shape index (κ1) is 12.3. The molecule has 6 heteroatoms. The Bertz CT molecular complexity index is 880. The molecule has 3 aromatic rings. The Balaban J connectivity index is 2.60. The fourth-order valence-corrected chi connectivity index (χ4v) is 3.20. The van der Waals surface area contributed by atoms with Gasteiger partial charge >= 0.3 is 0 Å². The van der Waals surface area contributed by atoms with E-state index in [0.29, 0.717) is 27.7 Å². The highest BCUT2D eigenvalue weighted by Gasteiger charge is 2.21. The van der Waals surface area contributed by atoms with Crippen LogP contribution < -0.4 is 4.74 Å². The highest BCUT2D eigenvalue weighted by atomic mass is 35.7. The van der Waals surface area contributed by atoms with Crippen molar-refractivity contribution in [2.45, 2.75) is 4.90 Å².